The van der Waals surface area contributed by atoms with Crippen molar-refractivity contribution in [3.63, 3.8) is 0 Å². The van der Waals surface area contributed by atoms with Crippen molar-refractivity contribution in [3.8, 4) is 0 Å². The molecule has 5 atom stereocenters. The van der Waals surface area contributed by atoms with Crippen LogP contribution in [0, 0.1) is 10.8 Å². The Kier molecular flexibility index (Phi) is 14.8. The number of carboxylic acids is 2. The van der Waals surface area contributed by atoms with Crippen molar-refractivity contribution in [1.29, 1.82) is 0 Å². The van der Waals surface area contributed by atoms with Crippen LogP contribution in [0.2, 0.25) is 0 Å². The topological polar surface area (TPSA) is 168 Å². The molecule has 0 aromatic heterocycles. The van der Waals surface area contributed by atoms with E-state index in [0.29, 0.717) is 25.0 Å². The number of amides is 1. The monoisotopic (exact) mass is 633 g/mol. The summed E-state index contributed by atoms with van der Waals surface area (Å²) in [6.07, 6.45) is 3.67. The highest BCUT2D eigenvalue weighted by atomic mass is 32.2. The van der Waals surface area contributed by atoms with Gasteiger partial charge in [-0.15, -0.1) is 0 Å². The van der Waals surface area contributed by atoms with Crippen LogP contribution in [0.15, 0.2) is 0 Å². The van der Waals surface area contributed by atoms with Crippen molar-refractivity contribution in [2.24, 2.45) is 16.6 Å². The maximum Gasteiger partial charge on any atom is 0.327 e. The average Bonchev–Trinajstić information content (AvgIpc) is 2.84. The van der Waals surface area contributed by atoms with E-state index in [2.05, 4.69) is 10.6 Å². The number of nitrogens with two attached hydrogens (primary N) is 1. The van der Waals surface area contributed by atoms with Crippen molar-refractivity contribution in [2.75, 3.05) is 18.1 Å². The zero-order chi connectivity index (χ0) is 32.5. The van der Waals surface area contributed by atoms with Crippen LogP contribution in [0.4, 0.5) is 0 Å². The van der Waals surface area contributed by atoms with Crippen LogP contribution in [0.3, 0.4) is 0 Å². The maximum absolute atomic E-state index is 13.1. The molecule has 0 saturated heterocycles. The first-order valence-electron chi connectivity index (χ1n) is 14.8. The van der Waals surface area contributed by atoms with Crippen LogP contribution in [0.5, 0.6) is 0 Å². The van der Waals surface area contributed by atoms with Crippen LogP contribution in [0.25, 0.3) is 0 Å². The number of rotatable bonds is 20. The third-order valence-corrected chi connectivity index (χ3v) is 11.1. The van der Waals surface area contributed by atoms with Crippen molar-refractivity contribution in [3.05, 3.63) is 0 Å². The minimum atomic E-state index is -1.10. The van der Waals surface area contributed by atoms with Crippen LogP contribution in [-0.2, 0) is 23.9 Å². The fourth-order valence-electron chi connectivity index (χ4n) is 4.00. The van der Waals surface area contributed by atoms with Gasteiger partial charge in [-0.25, -0.2) is 4.79 Å². The zero-order valence-corrected chi connectivity index (χ0v) is 28.6. The molecule has 1 fully saturated rings. The van der Waals surface area contributed by atoms with E-state index in [4.69, 9.17) is 10.5 Å². The van der Waals surface area contributed by atoms with Crippen molar-refractivity contribution < 1.29 is 34.1 Å². The fourth-order valence-corrected chi connectivity index (χ4v) is 7.11. The minimum Gasteiger partial charge on any atom is -0.480 e. The molecule has 0 radical (unpaired) electrons. The van der Waals surface area contributed by atoms with Crippen LogP contribution in [-0.4, -0.2) is 85.8 Å². The van der Waals surface area contributed by atoms with Crippen molar-refractivity contribution in [2.45, 2.75) is 135 Å². The summed E-state index contributed by atoms with van der Waals surface area (Å²) in [5.41, 5.74) is 3.60. The van der Waals surface area contributed by atoms with Gasteiger partial charge in [0.1, 0.15) is 23.6 Å². The van der Waals surface area contributed by atoms with Gasteiger partial charge < -0.3 is 26.0 Å². The number of carboxylic acid groups (broad SMARTS) is 2. The number of aliphatic carboxylic acids is 2. The molecule has 5 unspecified atom stereocenters. The van der Waals surface area contributed by atoms with Gasteiger partial charge in [0.25, 0.3) is 0 Å². The van der Waals surface area contributed by atoms with E-state index >= 15 is 0 Å². The molecule has 0 aromatic carbocycles. The van der Waals surface area contributed by atoms with Crippen molar-refractivity contribution in [1.82, 2.24) is 10.6 Å². The molecule has 1 saturated carbocycles. The molecule has 1 aliphatic carbocycles. The highest BCUT2D eigenvalue weighted by Crippen LogP contribution is 2.40. The highest BCUT2D eigenvalue weighted by Gasteiger charge is 2.37. The predicted molar refractivity (Wildman–Crippen MR) is 171 cm³/mol. The van der Waals surface area contributed by atoms with Gasteiger partial charge in [-0.3, -0.25) is 19.7 Å². The first-order valence-corrected chi connectivity index (χ1v) is 16.9. The Morgan fingerprint density at radius 3 is 1.81 bits per heavy atom. The lowest BCUT2D eigenvalue weighted by Gasteiger charge is -2.37. The number of hydrogen-bond acceptors (Lipinski definition) is 9. The number of Topliss-reactive ketones (excluding diaryl/α,β-unsaturated/α-hetero) is 1. The number of ketones is 1. The minimum absolute atomic E-state index is 0.101. The largest absolute Gasteiger partial charge is 0.480 e. The summed E-state index contributed by atoms with van der Waals surface area (Å²) < 4.78 is 5.81. The first-order chi connectivity index (χ1) is 19.1. The molecule has 0 aromatic rings. The lowest BCUT2D eigenvalue weighted by molar-refractivity contribution is -0.143. The van der Waals surface area contributed by atoms with E-state index in [9.17, 15) is 29.4 Å². The zero-order valence-electron chi connectivity index (χ0n) is 27.0. The Bertz CT molecular complexity index is 934. The van der Waals surface area contributed by atoms with E-state index in [1.165, 1.54) is 11.8 Å². The van der Waals surface area contributed by atoms with E-state index in [0.717, 1.165) is 19.3 Å². The van der Waals surface area contributed by atoms with Gasteiger partial charge in [-0.1, -0.05) is 41.5 Å². The Morgan fingerprint density at radius 1 is 0.881 bits per heavy atom. The summed E-state index contributed by atoms with van der Waals surface area (Å²) in [6, 6.07) is -1.70. The number of carbonyl (C=O) groups is 4. The second kappa shape index (κ2) is 16.1. The van der Waals surface area contributed by atoms with Gasteiger partial charge in [-0.2, -0.15) is 23.5 Å². The lowest BCUT2D eigenvalue weighted by Crippen LogP contribution is -2.51. The Hall–Kier alpha value is -1.34. The predicted octanol–water partition coefficient (Wildman–Crippen LogP) is 4.29. The van der Waals surface area contributed by atoms with Crippen molar-refractivity contribution >= 4 is 47.2 Å². The molecular formula is C30H55N3O7S2. The molecule has 10 nitrogen and oxygen atoms in total. The molecular weight excluding hydrogens is 578 g/mol. The Morgan fingerprint density at radius 2 is 1.38 bits per heavy atom. The SMILES string of the molecule is CCC(C)(C)NC(CSC1CCC1SCC(NC(=O)C(C)(C)CCOC(C)(N)CCC(=O)C(C)(C)C)C(=O)O)C(=O)O. The molecule has 0 bridgehead atoms. The fraction of sp³-hybridized carbons (Fsp3) is 0.867. The molecule has 12 heteroatoms. The molecule has 1 aliphatic rings. The second-order valence-corrected chi connectivity index (χ2v) is 16.5. The Balaban J connectivity index is 2.57. The van der Waals surface area contributed by atoms with Crippen LogP contribution in [0.1, 0.15) is 101 Å². The summed E-state index contributed by atoms with van der Waals surface area (Å²) in [6.45, 7) is 16.9. The third kappa shape index (κ3) is 13.5. The molecule has 1 rings (SSSR count). The first kappa shape index (κ1) is 38.7. The number of hydrogen-bond donors (Lipinski definition) is 5. The standard InChI is InChI=1S/C30H55N3O7S2/c1-10-29(7,8)33-20(25(37)38)18-42-22-12-11-21(22)41-17-19(24(35)36)32-26(39)28(5,6)15-16-40-30(9,31)14-13-23(34)27(2,3)4/h19-22,33H,10-18,31H2,1-9H3,(H,32,39)(H,35,36)(H,37,38). The van der Waals surface area contributed by atoms with Gasteiger partial charge >= 0.3 is 11.9 Å². The summed E-state index contributed by atoms with van der Waals surface area (Å²) in [4.78, 5) is 49.0. The molecule has 0 heterocycles. The summed E-state index contributed by atoms with van der Waals surface area (Å²) in [7, 11) is 0. The van der Waals surface area contributed by atoms with Crippen LogP contribution < -0.4 is 16.4 Å². The molecule has 0 aliphatic heterocycles. The maximum atomic E-state index is 13.1. The normalized spacial score (nSPS) is 20.6. The molecule has 6 N–H and O–H groups in total. The summed E-state index contributed by atoms with van der Waals surface area (Å²) in [5.74, 6) is -1.59. The molecule has 0 spiro atoms. The quantitative estimate of drug-likeness (QED) is 0.121. The second-order valence-electron chi connectivity index (χ2n) is 13.9. The van der Waals surface area contributed by atoms with E-state index in [1.807, 2.05) is 41.5 Å². The lowest BCUT2D eigenvalue weighted by atomic mass is 9.87. The van der Waals surface area contributed by atoms with E-state index < -0.39 is 40.6 Å². The van der Waals surface area contributed by atoms with Gasteiger partial charge in [0, 0.05) is 51.4 Å². The number of ether oxygens (including phenoxy) is 1. The molecule has 244 valence electrons. The number of thioether (sulfide) groups is 2. The van der Waals surface area contributed by atoms with Gasteiger partial charge in [-0.05, 0) is 52.9 Å². The van der Waals surface area contributed by atoms with E-state index in [1.54, 1.807) is 32.5 Å². The van der Waals surface area contributed by atoms with E-state index in [-0.39, 0.29) is 40.1 Å². The van der Waals surface area contributed by atoms with Gasteiger partial charge in [0.2, 0.25) is 5.91 Å². The smallest absolute Gasteiger partial charge is 0.327 e. The number of nitrogens with one attached hydrogen (secondary N) is 2. The van der Waals surface area contributed by atoms with Gasteiger partial charge in [0.15, 0.2) is 0 Å². The Labute approximate surface area is 260 Å². The summed E-state index contributed by atoms with van der Waals surface area (Å²) in [5, 5.41) is 25.8. The molecule has 1 amide bonds. The average molecular weight is 634 g/mol. The molecule has 42 heavy (non-hydrogen) atoms. The third-order valence-electron chi connectivity index (χ3n) is 7.91. The highest BCUT2D eigenvalue weighted by molar-refractivity contribution is 8.04. The summed E-state index contributed by atoms with van der Waals surface area (Å²) >= 11 is 3.13. The number of carbonyl (C=O) groups excluding carboxylic acids is 2. The van der Waals surface area contributed by atoms with Gasteiger partial charge in [0.05, 0.1) is 0 Å². The van der Waals surface area contributed by atoms with Crippen LogP contribution >= 0.6 is 23.5 Å².